The first kappa shape index (κ1) is 15.7. The van der Waals surface area contributed by atoms with Gasteiger partial charge in [0, 0.05) is 4.47 Å². The molecule has 4 nitrogen and oxygen atoms in total. The number of imide groups is 1. The van der Waals surface area contributed by atoms with E-state index in [0.717, 1.165) is 15.6 Å². The van der Waals surface area contributed by atoms with Crippen LogP contribution in [0.25, 0.3) is 0 Å². The predicted molar refractivity (Wildman–Crippen MR) is 90.0 cm³/mol. The molecule has 1 aliphatic heterocycles. The Morgan fingerprint density at radius 3 is 2.48 bits per heavy atom. The number of cyclic esters (lactones) is 1. The molecule has 118 valence electrons. The van der Waals surface area contributed by atoms with Gasteiger partial charge in [0.1, 0.15) is 6.61 Å². The van der Waals surface area contributed by atoms with Crippen molar-refractivity contribution in [2.24, 2.45) is 0 Å². The maximum absolute atomic E-state index is 12.5. The van der Waals surface area contributed by atoms with Crippen LogP contribution < -0.4 is 0 Å². The molecule has 1 aliphatic rings. The summed E-state index contributed by atoms with van der Waals surface area (Å²) in [4.78, 5) is 25.7. The summed E-state index contributed by atoms with van der Waals surface area (Å²) in [5.41, 5.74) is 1.95. The maximum Gasteiger partial charge on any atom is 0.416 e. The van der Waals surface area contributed by atoms with E-state index in [0.29, 0.717) is 6.42 Å². The molecule has 0 aromatic heterocycles. The topological polar surface area (TPSA) is 46.6 Å². The van der Waals surface area contributed by atoms with E-state index in [1.807, 2.05) is 54.6 Å². The van der Waals surface area contributed by atoms with Gasteiger partial charge in [0.25, 0.3) is 0 Å². The fourth-order valence-corrected chi connectivity index (χ4v) is 2.93. The molecule has 1 saturated heterocycles. The number of ether oxygens (including phenoxy) is 1. The third-order valence-electron chi connectivity index (χ3n) is 3.81. The van der Waals surface area contributed by atoms with Gasteiger partial charge in [-0.25, -0.2) is 9.69 Å². The van der Waals surface area contributed by atoms with E-state index in [1.54, 1.807) is 0 Å². The molecule has 0 saturated carbocycles. The molecule has 0 spiro atoms. The van der Waals surface area contributed by atoms with Crippen molar-refractivity contribution < 1.29 is 14.3 Å². The molecule has 0 radical (unpaired) electrons. The lowest BCUT2D eigenvalue weighted by Crippen LogP contribution is -2.41. The molecule has 1 atom stereocenters. The van der Waals surface area contributed by atoms with Crippen LogP contribution in [0, 0.1) is 0 Å². The summed E-state index contributed by atoms with van der Waals surface area (Å²) in [5.74, 6) is -0.226. The van der Waals surface area contributed by atoms with Crippen LogP contribution in [0.2, 0.25) is 0 Å². The van der Waals surface area contributed by atoms with Crippen molar-refractivity contribution in [2.45, 2.75) is 18.9 Å². The fraction of sp³-hybridized carbons (Fsp3) is 0.222. The zero-order chi connectivity index (χ0) is 16.2. The SMILES string of the molecule is O=C(Cc1ccc(Br)cc1)N1C(=O)OC[C@H]1Cc1ccccc1. The summed E-state index contributed by atoms with van der Waals surface area (Å²) in [6, 6.07) is 17.1. The molecule has 3 rings (SSSR count). The molecule has 2 amide bonds. The summed E-state index contributed by atoms with van der Waals surface area (Å²) in [6.07, 6.45) is 0.250. The number of hydrogen-bond acceptors (Lipinski definition) is 3. The number of halogens is 1. The second-order valence-electron chi connectivity index (χ2n) is 5.49. The fourth-order valence-electron chi connectivity index (χ4n) is 2.66. The van der Waals surface area contributed by atoms with Crippen LogP contribution in [0.1, 0.15) is 11.1 Å². The highest BCUT2D eigenvalue weighted by Gasteiger charge is 2.37. The second-order valence-corrected chi connectivity index (χ2v) is 6.40. The number of benzene rings is 2. The molecule has 0 bridgehead atoms. The highest BCUT2D eigenvalue weighted by molar-refractivity contribution is 9.10. The lowest BCUT2D eigenvalue weighted by Gasteiger charge is -2.19. The number of nitrogens with zero attached hydrogens (tertiary/aromatic N) is 1. The van der Waals surface area contributed by atoms with Crippen LogP contribution in [-0.4, -0.2) is 29.5 Å². The van der Waals surface area contributed by atoms with E-state index in [9.17, 15) is 9.59 Å². The average Bonchev–Trinajstić information content (AvgIpc) is 2.91. The van der Waals surface area contributed by atoms with Crippen molar-refractivity contribution in [1.29, 1.82) is 0 Å². The molecular formula is C18H16BrNO3. The largest absolute Gasteiger partial charge is 0.447 e. The van der Waals surface area contributed by atoms with Crippen molar-refractivity contribution >= 4 is 27.9 Å². The van der Waals surface area contributed by atoms with Crippen LogP contribution in [0.15, 0.2) is 59.1 Å². The maximum atomic E-state index is 12.5. The molecule has 23 heavy (non-hydrogen) atoms. The normalized spacial score (nSPS) is 17.2. The predicted octanol–water partition coefficient (Wildman–Crippen LogP) is 3.58. The van der Waals surface area contributed by atoms with Crippen LogP contribution in [0.3, 0.4) is 0 Å². The van der Waals surface area contributed by atoms with Gasteiger partial charge in [-0.2, -0.15) is 0 Å². The van der Waals surface area contributed by atoms with E-state index in [1.165, 1.54) is 4.90 Å². The Morgan fingerprint density at radius 1 is 1.09 bits per heavy atom. The Balaban J connectivity index is 1.71. The molecule has 2 aromatic carbocycles. The van der Waals surface area contributed by atoms with Gasteiger partial charge >= 0.3 is 6.09 Å². The van der Waals surface area contributed by atoms with Gasteiger partial charge < -0.3 is 4.74 Å². The minimum absolute atomic E-state index is 0.188. The summed E-state index contributed by atoms with van der Waals surface area (Å²) >= 11 is 3.36. The lowest BCUT2D eigenvalue weighted by atomic mass is 10.0. The third-order valence-corrected chi connectivity index (χ3v) is 4.34. The summed E-state index contributed by atoms with van der Waals surface area (Å²) in [6.45, 7) is 0.250. The van der Waals surface area contributed by atoms with Gasteiger partial charge in [-0.05, 0) is 29.7 Å². The molecule has 2 aromatic rings. The van der Waals surface area contributed by atoms with Crippen molar-refractivity contribution in [3.8, 4) is 0 Å². The molecule has 0 aliphatic carbocycles. The van der Waals surface area contributed by atoms with Crippen molar-refractivity contribution in [1.82, 2.24) is 4.90 Å². The Kier molecular flexibility index (Phi) is 4.76. The number of carbonyl (C=O) groups excluding carboxylic acids is 2. The van der Waals surface area contributed by atoms with Gasteiger partial charge in [0.05, 0.1) is 12.5 Å². The van der Waals surface area contributed by atoms with Gasteiger partial charge in [0.15, 0.2) is 0 Å². The zero-order valence-electron chi connectivity index (χ0n) is 12.4. The second kappa shape index (κ2) is 6.96. The first-order valence-electron chi connectivity index (χ1n) is 7.40. The monoisotopic (exact) mass is 373 g/mol. The molecule has 5 heteroatoms. The summed E-state index contributed by atoms with van der Waals surface area (Å²) < 4.78 is 6.04. The highest BCUT2D eigenvalue weighted by Crippen LogP contribution is 2.19. The summed E-state index contributed by atoms with van der Waals surface area (Å²) in [7, 11) is 0. The summed E-state index contributed by atoms with van der Waals surface area (Å²) in [5, 5.41) is 0. The number of carbonyl (C=O) groups is 2. The zero-order valence-corrected chi connectivity index (χ0v) is 14.0. The van der Waals surface area contributed by atoms with Gasteiger partial charge in [0.2, 0.25) is 5.91 Å². The number of rotatable bonds is 4. The van der Waals surface area contributed by atoms with Crippen LogP contribution in [0.5, 0.6) is 0 Å². The van der Waals surface area contributed by atoms with Crippen molar-refractivity contribution in [3.05, 3.63) is 70.2 Å². The molecule has 1 fully saturated rings. The molecular weight excluding hydrogens is 358 g/mol. The molecule has 0 N–H and O–H groups in total. The minimum atomic E-state index is -0.548. The Bertz CT molecular complexity index is 700. The van der Waals surface area contributed by atoms with Crippen molar-refractivity contribution in [3.63, 3.8) is 0 Å². The number of amides is 2. The van der Waals surface area contributed by atoms with E-state index < -0.39 is 6.09 Å². The first-order chi connectivity index (χ1) is 11.1. The lowest BCUT2D eigenvalue weighted by molar-refractivity contribution is -0.128. The molecule has 1 heterocycles. The standard InChI is InChI=1S/C18H16BrNO3/c19-15-8-6-14(7-9-15)11-17(21)20-16(12-23-18(20)22)10-13-4-2-1-3-5-13/h1-9,16H,10-12H2/t16-/m1/s1. The van der Waals surface area contributed by atoms with Crippen LogP contribution in [0.4, 0.5) is 4.79 Å². The quantitative estimate of drug-likeness (QED) is 0.822. The first-order valence-corrected chi connectivity index (χ1v) is 8.20. The van der Waals surface area contributed by atoms with E-state index >= 15 is 0 Å². The Hall–Kier alpha value is -2.14. The minimum Gasteiger partial charge on any atom is -0.447 e. The van der Waals surface area contributed by atoms with E-state index in [-0.39, 0.29) is 25.0 Å². The third kappa shape index (κ3) is 3.79. The number of hydrogen-bond donors (Lipinski definition) is 0. The average molecular weight is 374 g/mol. The van der Waals surface area contributed by atoms with Crippen LogP contribution in [-0.2, 0) is 22.4 Å². The Labute approximate surface area is 143 Å². The van der Waals surface area contributed by atoms with Gasteiger partial charge in [-0.1, -0.05) is 58.4 Å². The van der Waals surface area contributed by atoms with Gasteiger partial charge in [-0.3, -0.25) is 4.79 Å². The van der Waals surface area contributed by atoms with Crippen LogP contribution >= 0.6 is 15.9 Å². The van der Waals surface area contributed by atoms with Gasteiger partial charge in [-0.15, -0.1) is 0 Å². The van der Waals surface area contributed by atoms with E-state index in [4.69, 9.17) is 4.74 Å². The highest BCUT2D eigenvalue weighted by atomic mass is 79.9. The van der Waals surface area contributed by atoms with Crippen molar-refractivity contribution in [2.75, 3.05) is 6.61 Å². The Morgan fingerprint density at radius 2 is 1.78 bits per heavy atom. The van der Waals surface area contributed by atoms with E-state index in [2.05, 4.69) is 15.9 Å². The smallest absolute Gasteiger partial charge is 0.416 e. The molecule has 0 unspecified atom stereocenters.